The lowest BCUT2D eigenvalue weighted by Gasteiger charge is -2.38. The molecule has 9 nitrogen and oxygen atoms in total. The van der Waals surface area contributed by atoms with Gasteiger partial charge < -0.3 is 14.2 Å². The number of pyridine rings is 1. The molecule has 0 spiro atoms. The number of ether oxygens (including phenoxy) is 1. The van der Waals surface area contributed by atoms with Crippen LogP contribution < -0.4 is 15.6 Å². The van der Waals surface area contributed by atoms with E-state index in [0.29, 0.717) is 36.9 Å². The molecule has 2 aliphatic rings. The number of methoxy groups -OCH3 is 1. The number of hydrogen-bond donors (Lipinski definition) is 2. The molecule has 0 radical (unpaired) electrons. The fraction of sp³-hybridized carbons (Fsp3) is 0.333. The van der Waals surface area contributed by atoms with Crippen molar-refractivity contribution in [2.45, 2.75) is 24.4 Å². The van der Waals surface area contributed by atoms with E-state index < -0.39 is 0 Å². The minimum atomic E-state index is -0.270. The lowest BCUT2D eigenvalue weighted by atomic mass is 9.96. The normalized spacial score (nSPS) is 21.4. The highest BCUT2D eigenvalue weighted by Gasteiger charge is 2.40. The van der Waals surface area contributed by atoms with Gasteiger partial charge in [-0.1, -0.05) is 23.4 Å². The largest absolute Gasteiger partial charge is 0.497 e. The van der Waals surface area contributed by atoms with E-state index in [1.54, 1.807) is 13.3 Å². The Balaban J connectivity index is 1.17. The first-order valence-corrected chi connectivity index (χ1v) is 9.90. The maximum atomic E-state index is 12.9. The molecule has 2 N–H and O–H groups in total. The van der Waals surface area contributed by atoms with Crippen molar-refractivity contribution < 1.29 is 14.1 Å². The zero-order valence-electron chi connectivity index (χ0n) is 16.5. The van der Waals surface area contributed by atoms with Gasteiger partial charge in [0.05, 0.1) is 13.0 Å². The molecule has 0 aliphatic carbocycles. The first-order valence-electron chi connectivity index (χ1n) is 9.90. The number of nitrogens with zero attached hydrogens (tertiary/aromatic N) is 4. The first kappa shape index (κ1) is 18.7. The standard InChI is InChI=1S/C21H22N6O3/c1-29-15-6-4-5-13(9-15)17-10-18(25-24-17)21(28)27-11-14(12-27)20-23-19(26-30-20)16-7-2-3-8-22-16/h2-9,14,17-18,24-25H,10-12H2,1H3. The molecule has 1 aromatic carbocycles. The van der Waals surface area contributed by atoms with Crippen LogP contribution in [0.4, 0.5) is 0 Å². The number of amides is 1. The highest BCUT2D eigenvalue weighted by Crippen LogP contribution is 2.30. The Labute approximate surface area is 173 Å². The van der Waals surface area contributed by atoms with Gasteiger partial charge in [-0.15, -0.1) is 0 Å². The molecule has 2 fully saturated rings. The first-order chi connectivity index (χ1) is 14.7. The number of benzene rings is 1. The Morgan fingerprint density at radius 3 is 2.90 bits per heavy atom. The summed E-state index contributed by atoms with van der Waals surface area (Å²) < 4.78 is 10.7. The van der Waals surface area contributed by atoms with Crippen LogP contribution in [-0.2, 0) is 4.79 Å². The van der Waals surface area contributed by atoms with Gasteiger partial charge in [0.25, 0.3) is 0 Å². The molecule has 1 amide bonds. The van der Waals surface area contributed by atoms with E-state index in [0.717, 1.165) is 11.3 Å². The van der Waals surface area contributed by atoms with Crippen LogP contribution in [0, 0.1) is 0 Å². The molecule has 2 aromatic heterocycles. The van der Waals surface area contributed by atoms with Crippen molar-refractivity contribution in [3.8, 4) is 17.3 Å². The smallest absolute Gasteiger partial charge is 0.241 e. The van der Waals surface area contributed by atoms with E-state index >= 15 is 0 Å². The second kappa shape index (κ2) is 7.85. The molecule has 30 heavy (non-hydrogen) atoms. The van der Waals surface area contributed by atoms with E-state index in [9.17, 15) is 4.79 Å². The summed E-state index contributed by atoms with van der Waals surface area (Å²) in [5, 5.41) is 4.01. The fourth-order valence-electron chi connectivity index (χ4n) is 3.83. The molecule has 0 saturated carbocycles. The van der Waals surface area contributed by atoms with E-state index in [-0.39, 0.29) is 23.9 Å². The molecule has 9 heteroatoms. The predicted molar refractivity (Wildman–Crippen MR) is 107 cm³/mol. The molecule has 0 bridgehead atoms. The molecular formula is C21H22N6O3. The molecule has 3 aromatic rings. The Morgan fingerprint density at radius 1 is 1.20 bits per heavy atom. The molecule has 4 heterocycles. The summed E-state index contributed by atoms with van der Waals surface area (Å²) >= 11 is 0. The van der Waals surface area contributed by atoms with Crippen molar-refractivity contribution in [3.05, 3.63) is 60.1 Å². The van der Waals surface area contributed by atoms with Crippen molar-refractivity contribution in [3.63, 3.8) is 0 Å². The van der Waals surface area contributed by atoms with Crippen molar-refractivity contribution in [1.29, 1.82) is 0 Å². The van der Waals surface area contributed by atoms with Crippen molar-refractivity contribution in [2.75, 3.05) is 20.2 Å². The number of nitrogens with one attached hydrogen (secondary N) is 2. The molecule has 5 rings (SSSR count). The van der Waals surface area contributed by atoms with E-state index in [2.05, 4.69) is 26.0 Å². The monoisotopic (exact) mass is 406 g/mol. The number of carbonyl (C=O) groups excluding carboxylic acids is 1. The van der Waals surface area contributed by atoms with Gasteiger partial charge in [0, 0.05) is 25.3 Å². The maximum absolute atomic E-state index is 12.9. The molecule has 2 unspecified atom stereocenters. The maximum Gasteiger partial charge on any atom is 0.241 e. The molecule has 2 aliphatic heterocycles. The lowest BCUT2D eigenvalue weighted by molar-refractivity contribution is -0.138. The molecular weight excluding hydrogens is 384 g/mol. The van der Waals surface area contributed by atoms with Gasteiger partial charge in [-0.05, 0) is 36.2 Å². The van der Waals surface area contributed by atoms with Crippen LogP contribution in [0.25, 0.3) is 11.5 Å². The van der Waals surface area contributed by atoms with Gasteiger partial charge in [-0.2, -0.15) is 4.98 Å². The van der Waals surface area contributed by atoms with Crippen molar-refractivity contribution >= 4 is 5.91 Å². The number of carbonyl (C=O) groups is 1. The summed E-state index contributed by atoms with van der Waals surface area (Å²) in [6.07, 6.45) is 2.37. The summed E-state index contributed by atoms with van der Waals surface area (Å²) in [6.45, 7) is 1.15. The van der Waals surface area contributed by atoms with E-state index in [1.165, 1.54) is 0 Å². The highest BCUT2D eigenvalue weighted by atomic mass is 16.5. The Hall–Kier alpha value is -3.30. The number of hydrazine groups is 1. The number of likely N-dealkylation sites (tertiary alicyclic amines) is 1. The number of aromatic nitrogens is 3. The van der Waals surface area contributed by atoms with Crippen LogP contribution in [0.2, 0.25) is 0 Å². The summed E-state index contributed by atoms with van der Waals surface area (Å²) in [5.41, 5.74) is 8.11. The fourth-order valence-corrected chi connectivity index (χ4v) is 3.83. The van der Waals surface area contributed by atoms with Crippen molar-refractivity contribution in [1.82, 2.24) is 30.9 Å². The summed E-state index contributed by atoms with van der Waals surface area (Å²) in [7, 11) is 1.65. The quantitative estimate of drug-likeness (QED) is 0.659. The Kier molecular flexibility index (Phi) is 4.89. The minimum absolute atomic E-state index is 0.0578. The van der Waals surface area contributed by atoms with Gasteiger partial charge in [-0.25, -0.2) is 10.9 Å². The van der Waals surface area contributed by atoms with Gasteiger partial charge >= 0.3 is 0 Å². The van der Waals surface area contributed by atoms with Crippen LogP contribution in [0.3, 0.4) is 0 Å². The molecule has 2 atom stereocenters. The lowest BCUT2D eigenvalue weighted by Crippen LogP contribution is -2.54. The third-order valence-electron chi connectivity index (χ3n) is 5.58. The van der Waals surface area contributed by atoms with Gasteiger partial charge in [0.2, 0.25) is 17.6 Å². The van der Waals surface area contributed by atoms with Gasteiger partial charge in [0.15, 0.2) is 0 Å². The topological polar surface area (TPSA) is 105 Å². The average Bonchev–Trinajstić information content (AvgIpc) is 3.44. The van der Waals surface area contributed by atoms with Crippen LogP contribution in [-0.4, -0.2) is 52.2 Å². The Bertz CT molecular complexity index is 1030. The summed E-state index contributed by atoms with van der Waals surface area (Å²) in [5.74, 6) is 1.96. The summed E-state index contributed by atoms with van der Waals surface area (Å²) in [4.78, 5) is 23.4. The van der Waals surface area contributed by atoms with Crippen molar-refractivity contribution in [2.24, 2.45) is 0 Å². The second-order valence-electron chi connectivity index (χ2n) is 7.52. The summed E-state index contributed by atoms with van der Waals surface area (Å²) in [6, 6.07) is 13.2. The van der Waals surface area contributed by atoms with E-state index in [4.69, 9.17) is 9.26 Å². The zero-order chi connectivity index (χ0) is 20.5. The third kappa shape index (κ3) is 3.53. The van der Waals surface area contributed by atoms with Crippen LogP contribution >= 0.6 is 0 Å². The third-order valence-corrected chi connectivity index (χ3v) is 5.58. The molecule has 2 saturated heterocycles. The Morgan fingerprint density at radius 2 is 2.10 bits per heavy atom. The minimum Gasteiger partial charge on any atom is -0.497 e. The predicted octanol–water partition coefficient (Wildman–Crippen LogP) is 1.67. The van der Waals surface area contributed by atoms with E-state index in [1.807, 2.05) is 47.4 Å². The van der Waals surface area contributed by atoms with Gasteiger partial charge in [0.1, 0.15) is 17.5 Å². The zero-order valence-corrected chi connectivity index (χ0v) is 16.5. The number of rotatable bonds is 5. The SMILES string of the molecule is COc1cccc(C2CC(C(=O)N3CC(c4nc(-c5ccccn5)no4)C3)NN2)c1. The average molecular weight is 406 g/mol. The van der Waals surface area contributed by atoms with Gasteiger partial charge in [-0.3, -0.25) is 9.78 Å². The van der Waals surface area contributed by atoms with Crippen LogP contribution in [0.5, 0.6) is 5.75 Å². The van der Waals surface area contributed by atoms with Crippen LogP contribution in [0.1, 0.15) is 29.8 Å². The second-order valence-corrected chi connectivity index (χ2v) is 7.52. The number of hydrogen-bond acceptors (Lipinski definition) is 8. The molecule has 154 valence electrons. The van der Waals surface area contributed by atoms with Crippen LogP contribution in [0.15, 0.2) is 53.2 Å². The highest BCUT2D eigenvalue weighted by molar-refractivity contribution is 5.83.